The average molecular weight is 290 g/mol. The van der Waals surface area contributed by atoms with E-state index in [-0.39, 0.29) is 35.7 Å². The summed E-state index contributed by atoms with van der Waals surface area (Å²) in [5, 5.41) is 4.99. The smallest absolute Gasteiger partial charge is 0.258 e. The zero-order chi connectivity index (χ0) is 16.0. The molecule has 1 aromatic rings. The Balaban J connectivity index is 3.31. The highest BCUT2D eigenvalue weighted by molar-refractivity contribution is 6.00. The van der Waals surface area contributed by atoms with Crippen molar-refractivity contribution < 1.29 is 14.0 Å². The molecular weight excluding hydrogens is 272 g/mol. The van der Waals surface area contributed by atoms with Gasteiger partial charge in [-0.25, -0.2) is 0 Å². The highest BCUT2D eigenvalue weighted by atomic mass is 16.3. The SMILES string of the molecule is C=CCNC(=O)c1c(C)oc(C)c(C(=O)NCC=C)c1=O. The predicted molar refractivity (Wildman–Crippen MR) is 79.5 cm³/mol. The number of carbonyl (C=O) groups is 2. The van der Waals surface area contributed by atoms with Crippen molar-refractivity contribution in [2.45, 2.75) is 13.8 Å². The normalized spacial score (nSPS) is 9.81. The van der Waals surface area contributed by atoms with Crippen LogP contribution in [0.4, 0.5) is 0 Å². The van der Waals surface area contributed by atoms with Crippen molar-refractivity contribution in [3.63, 3.8) is 0 Å². The monoisotopic (exact) mass is 290 g/mol. The summed E-state index contributed by atoms with van der Waals surface area (Å²) < 4.78 is 5.35. The van der Waals surface area contributed by atoms with E-state index >= 15 is 0 Å². The molecule has 0 spiro atoms. The zero-order valence-corrected chi connectivity index (χ0v) is 12.1. The molecule has 1 aromatic heterocycles. The van der Waals surface area contributed by atoms with Crippen LogP contribution < -0.4 is 16.1 Å². The second kappa shape index (κ2) is 7.23. The summed E-state index contributed by atoms with van der Waals surface area (Å²) in [6.45, 7) is 10.4. The largest absolute Gasteiger partial charge is 0.465 e. The van der Waals surface area contributed by atoms with E-state index in [4.69, 9.17) is 4.42 Å². The Morgan fingerprint density at radius 1 is 1.00 bits per heavy atom. The van der Waals surface area contributed by atoms with Crippen LogP contribution in [0, 0.1) is 13.8 Å². The Kier molecular flexibility index (Phi) is 5.66. The Labute approximate surface area is 122 Å². The third kappa shape index (κ3) is 3.68. The number of hydrogen-bond acceptors (Lipinski definition) is 4. The van der Waals surface area contributed by atoms with Crippen LogP contribution in [-0.4, -0.2) is 24.9 Å². The third-order valence-electron chi connectivity index (χ3n) is 2.73. The number of amides is 2. The molecule has 0 saturated carbocycles. The van der Waals surface area contributed by atoms with Gasteiger partial charge < -0.3 is 15.1 Å². The van der Waals surface area contributed by atoms with Crippen LogP contribution >= 0.6 is 0 Å². The summed E-state index contributed by atoms with van der Waals surface area (Å²) in [6, 6.07) is 0. The molecule has 0 atom stereocenters. The fourth-order valence-electron chi connectivity index (χ4n) is 1.81. The summed E-state index contributed by atoms with van der Waals surface area (Å²) in [6.07, 6.45) is 2.97. The molecule has 0 aliphatic heterocycles. The van der Waals surface area contributed by atoms with E-state index < -0.39 is 17.2 Å². The second-order valence-corrected chi connectivity index (χ2v) is 4.29. The van der Waals surface area contributed by atoms with E-state index in [0.29, 0.717) is 0 Å². The highest BCUT2D eigenvalue weighted by Gasteiger charge is 2.24. The number of aryl methyl sites for hydroxylation is 2. The number of nitrogens with one attached hydrogen (secondary N) is 2. The molecule has 2 amide bonds. The lowest BCUT2D eigenvalue weighted by Gasteiger charge is -2.10. The maximum absolute atomic E-state index is 12.4. The maximum Gasteiger partial charge on any atom is 0.258 e. The molecule has 0 aliphatic rings. The van der Waals surface area contributed by atoms with Crippen molar-refractivity contribution in [1.29, 1.82) is 0 Å². The van der Waals surface area contributed by atoms with Crippen LogP contribution in [-0.2, 0) is 0 Å². The molecule has 112 valence electrons. The van der Waals surface area contributed by atoms with E-state index in [2.05, 4.69) is 23.8 Å². The first-order valence-corrected chi connectivity index (χ1v) is 6.36. The first-order valence-electron chi connectivity index (χ1n) is 6.36. The van der Waals surface area contributed by atoms with Crippen molar-refractivity contribution in [3.05, 3.63) is 58.2 Å². The van der Waals surface area contributed by atoms with Gasteiger partial charge in [0, 0.05) is 13.1 Å². The van der Waals surface area contributed by atoms with Crippen LogP contribution in [0.2, 0.25) is 0 Å². The van der Waals surface area contributed by atoms with Gasteiger partial charge in [-0.05, 0) is 13.8 Å². The van der Waals surface area contributed by atoms with Crippen molar-refractivity contribution in [2.24, 2.45) is 0 Å². The summed E-state index contributed by atoms with van der Waals surface area (Å²) >= 11 is 0. The average Bonchev–Trinajstić information content (AvgIpc) is 2.42. The van der Waals surface area contributed by atoms with E-state index in [9.17, 15) is 14.4 Å². The summed E-state index contributed by atoms with van der Waals surface area (Å²) in [5.41, 5.74) is -1.00. The Morgan fingerprint density at radius 2 is 1.38 bits per heavy atom. The standard InChI is InChI=1S/C15H18N2O4/c1-5-7-16-14(19)11-9(3)21-10(4)12(13(11)18)15(20)17-8-6-2/h5-6H,1-2,7-8H2,3-4H3,(H,16,19)(H,17,20). The molecule has 2 N–H and O–H groups in total. The van der Waals surface area contributed by atoms with Gasteiger partial charge in [-0.15, -0.1) is 13.2 Å². The van der Waals surface area contributed by atoms with Crippen molar-refractivity contribution >= 4 is 11.8 Å². The van der Waals surface area contributed by atoms with Crippen molar-refractivity contribution in [2.75, 3.05) is 13.1 Å². The van der Waals surface area contributed by atoms with Gasteiger partial charge in [0.25, 0.3) is 11.8 Å². The minimum Gasteiger partial charge on any atom is -0.465 e. The molecule has 0 radical (unpaired) electrons. The number of carbonyl (C=O) groups excluding carboxylic acids is 2. The molecule has 6 nitrogen and oxygen atoms in total. The van der Waals surface area contributed by atoms with Gasteiger partial charge >= 0.3 is 0 Å². The van der Waals surface area contributed by atoms with Crippen LogP contribution in [0.1, 0.15) is 32.2 Å². The molecule has 6 heteroatoms. The molecular formula is C15H18N2O4. The Morgan fingerprint density at radius 3 is 1.71 bits per heavy atom. The lowest BCUT2D eigenvalue weighted by atomic mass is 10.1. The predicted octanol–water partition coefficient (Wildman–Crippen LogP) is 1.09. The van der Waals surface area contributed by atoms with Gasteiger partial charge in [-0.2, -0.15) is 0 Å². The van der Waals surface area contributed by atoms with E-state index in [1.54, 1.807) is 0 Å². The Bertz CT molecular complexity index is 593. The summed E-state index contributed by atoms with van der Waals surface area (Å²) in [7, 11) is 0. The third-order valence-corrected chi connectivity index (χ3v) is 2.73. The van der Waals surface area contributed by atoms with Gasteiger partial charge in [0.15, 0.2) is 0 Å². The molecule has 21 heavy (non-hydrogen) atoms. The number of rotatable bonds is 6. The van der Waals surface area contributed by atoms with Crippen LogP contribution in [0.3, 0.4) is 0 Å². The number of hydrogen-bond donors (Lipinski definition) is 2. The van der Waals surface area contributed by atoms with Gasteiger partial charge in [0.05, 0.1) is 0 Å². The van der Waals surface area contributed by atoms with E-state index in [1.807, 2.05) is 0 Å². The maximum atomic E-state index is 12.4. The van der Waals surface area contributed by atoms with Gasteiger partial charge in [0.2, 0.25) is 5.43 Å². The van der Waals surface area contributed by atoms with Crippen LogP contribution in [0.5, 0.6) is 0 Å². The topological polar surface area (TPSA) is 88.4 Å². The van der Waals surface area contributed by atoms with Crippen molar-refractivity contribution in [1.82, 2.24) is 10.6 Å². The molecule has 0 bridgehead atoms. The Hall–Kier alpha value is -2.63. The second-order valence-electron chi connectivity index (χ2n) is 4.29. The van der Waals surface area contributed by atoms with Crippen molar-refractivity contribution in [3.8, 4) is 0 Å². The fraction of sp³-hybridized carbons (Fsp3) is 0.267. The molecule has 0 fully saturated rings. The van der Waals surface area contributed by atoms with Gasteiger partial charge in [-0.1, -0.05) is 12.2 Å². The van der Waals surface area contributed by atoms with E-state index in [0.717, 1.165) is 0 Å². The zero-order valence-electron chi connectivity index (χ0n) is 12.1. The molecule has 0 aromatic carbocycles. The highest BCUT2D eigenvalue weighted by Crippen LogP contribution is 2.11. The van der Waals surface area contributed by atoms with E-state index in [1.165, 1.54) is 26.0 Å². The molecule has 1 rings (SSSR count). The summed E-state index contributed by atoms with van der Waals surface area (Å²) in [4.78, 5) is 36.3. The minimum atomic E-state index is -0.653. The van der Waals surface area contributed by atoms with Gasteiger partial charge in [-0.3, -0.25) is 14.4 Å². The summed E-state index contributed by atoms with van der Waals surface area (Å²) in [5.74, 6) is -0.864. The molecule has 0 aliphatic carbocycles. The van der Waals surface area contributed by atoms with Crippen LogP contribution in [0.15, 0.2) is 34.5 Å². The molecule has 0 unspecified atom stereocenters. The first-order chi connectivity index (χ1) is 9.93. The van der Waals surface area contributed by atoms with Gasteiger partial charge in [0.1, 0.15) is 22.6 Å². The quantitative estimate of drug-likeness (QED) is 0.768. The molecule has 0 saturated heterocycles. The first kappa shape index (κ1) is 16.4. The lowest BCUT2D eigenvalue weighted by Crippen LogP contribution is -2.35. The minimum absolute atomic E-state index is 0.166. The molecule has 1 heterocycles. The fourth-order valence-corrected chi connectivity index (χ4v) is 1.81. The van der Waals surface area contributed by atoms with Crippen LogP contribution in [0.25, 0.3) is 0 Å². The lowest BCUT2D eigenvalue weighted by molar-refractivity contribution is 0.0950.